The van der Waals surface area contributed by atoms with Gasteiger partial charge in [-0.3, -0.25) is 19.0 Å². The smallest absolute Gasteiger partial charge is 0.315 e. The largest absolute Gasteiger partial charge is 0.341 e. The van der Waals surface area contributed by atoms with Crippen LogP contribution in [-0.2, 0) is 24.4 Å². The van der Waals surface area contributed by atoms with Crippen LogP contribution in [0.15, 0.2) is 88.6 Å². The van der Waals surface area contributed by atoms with Crippen molar-refractivity contribution in [3.8, 4) is 45.0 Å². The lowest BCUT2D eigenvalue weighted by Gasteiger charge is -2.16. The van der Waals surface area contributed by atoms with Gasteiger partial charge in [-0.15, -0.1) is 0 Å². The van der Waals surface area contributed by atoms with Crippen molar-refractivity contribution >= 4 is 57.3 Å². The first-order valence-corrected chi connectivity index (χ1v) is 23.7. The molecule has 72 heavy (non-hydrogen) atoms. The molecule has 0 aliphatic rings. The van der Waals surface area contributed by atoms with Crippen molar-refractivity contribution in [3.05, 3.63) is 130 Å². The number of carbonyl (C=O) groups is 2. The Hall–Kier alpha value is -8.10. The van der Waals surface area contributed by atoms with E-state index in [1.54, 1.807) is 28.0 Å². The molecule has 0 bridgehead atoms. The van der Waals surface area contributed by atoms with Crippen LogP contribution in [0.3, 0.4) is 0 Å². The number of H-pyrrole nitrogens is 2. The van der Waals surface area contributed by atoms with Crippen LogP contribution < -0.4 is 10.6 Å². The fraction of sp³-hybridized carbons (Fsp3) is 0.280. The lowest BCUT2D eigenvalue weighted by Crippen LogP contribution is -2.27. The lowest BCUT2D eigenvalue weighted by molar-refractivity contribution is 0.0888. The monoisotopic (exact) mass is 1010 g/mol. The summed E-state index contributed by atoms with van der Waals surface area (Å²) in [6.45, 7) is 15.6. The second-order valence-electron chi connectivity index (χ2n) is 19.6. The predicted octanol–water partition coefficient (Wildman–Crippen LogP) is 9.53. The molecule has 8 heterocycles. The number of nitrogens with one attached hydrogen (secondary N) is 4. The van der Waals surface area contributed by atoms with Crippen molar-refractivity contribution < 1.29 is 18.6 Å². The van der Waals surface area contributed by atoms with Gasteiger partial charge >= 0.3 is 23.6 Å². The molecule has 0 spiro atoms. The first-order valence-electron chi connectivity index (χ1n) is 22.9. The fourth-order valence-corrected chi connectivity index (χ4v) is 8.74. The van der Waals surface area contributed by atoms with Crippen LogP contribution in [0.25, 0.3) is 67.4 Å². The molecule has 0 radical (unpaired) electrons. The molecule has 0 saturated carbocycles. The number of aryl methyl sites for hydroxylation is 1. The van der Waals surface area contributed by atoms with Gasteiger partial charge in [0, 0.05) is 57.6 Å². The Balaban J connectivity index is 0.895. The molecular weight excluding hydrogens is 960 g/mol. The van der Waals surface area contributed by atoms with Crippen molar-refractivity contribution in [1.29, 1.82) is 0 Å². The van der Waals surface area contributed by atoms with Crippen molar-refractivity contribution in [2.75, 3.05) is 0 Å². The maximum absolute atomic E-state index is 13.1. The van der Waals surface area contributed by atoms with Gasteiger partial charge in [0.1, 0.15) is 22.7 Å². The van der Waals surface area contributed by atoms with E-state index in [1.807, 2.05) is 123 Å². The third kappa shape index (κ3) is 9.45. The molecule has 20 nitrogen and oxygen atoms in total. The summed E-state index contributed by atoms with van der Waals surface area (Å²) in [7, 11) is 1.84. The van der Waals surface area contributed by atoms with Gasteiger partial charge in [-0.25, -0.2) is 19.9 Å². The van der Waals surface area contributed by atoms with E-state index in [1.165, 1.54) is 0 Å². The summed E-state index contributed by atoms with van der Waals surface area (Å²) < 4.78 is 14.0. The zero-order chi connectivity index (χ0) is 50.8. The Morgan fingerprint density at radius 3 is 1.71 bits per heavy atom. The van der Waals surface area contributed by atoms with Crippen LogP contribution >= 0.6 is 23.2 Å². The summed E-state index contributed by atoms with van der Waals surface area (Å²) in [6.07, 6.45) is 8.93. The number of hydrogen-bond donors (Lipinski definition) is 4. The number of benzene rings is 2. The van der Waals surface area contributed by atoms with Gasteiger partial charge in [-0.05, 0) is 60.4 Å². The first-order chi connectivity index (χ1) is 34.2. The van der Waals surface area contributed by atoms with Crippen molar-refractivity contribution in [1.82, 2.24) is 80.4 Å². The zero-order valence-electron chi connectivity index (χ0n) is 40.6. The number of aromatic nitrogens is 14. The van der Waals surface area contributed by atoms with E-state index in [4.69, 9.17) is 52.3 Å². The molecule has 0 saturated heterocycles. The van der Waals surface area contributed by atoms with Crippen LogP contribution in [0, 0.1) is 0 Å². The Morgan fingerprint density at radius 2 is 1.18 bits per heavy atom. The van der Waals surface area contributed by atoms with Gasteiger partial charge in [0.05, 0.1) is 47.8 Å². The Kier molecular flexibility index (Phi) is 12.1. The van der Waals surface area contributed by atoms with E-state index in [0.29, 0.717) is 79.0 Å². The van der Waals surface area contributed by atoms with Crippen LogP contribution in [0.1, 0.15) is 117 Å². The molecular formula is C50H48Cl2N16O4. The number of aromatic amines is 2. The van der Waals surface area contributed by atoms with Gasteiger partial charge in [-0.1, -0.05) is 99.3 Å². The molecule has 10 aromatic rings. The van der Waals surface area contributed by atoms with E-state index in [0.717, 1.165) is 33.4 Å². The summed E-state index contributed by atoms with van der Waals surface area (Å²) in [4.78, 5) is 60.9. The number of imidazole rings is 2. The molecule has 4 N–H and O–H groups in total. The average molecular weight is 1010 g/mol. The number of amides is 2. The van der Waals surface area contributed by atoms with E-state index < -0.39 is 23.9 Å². The second-order valence-corrected chi connectivity index (χ2v) is 20.4. The quantitative estimate of drug-likeness (QED) is 0.0889. The molecule has 0 fully saturated rings. The van der Waals surface area contributed by atoms with Crippen molar-refractivity contribution in [3.63, 3.8) is 0 Å². The highest BCUT2D eigenvalue weighted by Gasteiger charge is 2.27. The number of hydrogen-bond acceptors (Lipinski definition) is 14. The highest BCUT2D eigenvalue weighted by molar-refractivity contribution is 6.32. The summed E-state index contributed by atoms with van der Waals surface area (Å²) in [6, 6.07) is 14.2. The number of halogens is 2. The van der Waals surface area contributed by atoms with Gasteiger partial charge in [0.15, 0.2) is 22.9 Å². The predicted molar refractivity (Wildman–Crippen MR) is 269 cm³/mol. The normalized spacial score (nSPS) is 13.0. The molecule has 0 unspecified atom stereocenters. The number of carbonyl (C=O) groups excluding carboxylic acids is 2. The van der Waals surface area contributed by atoms with Gasteiger partial charge in [0.25, 0.3) is 0 Å². The van der Waals surface area contributed by atoms with Gasteiger partial charge in [0.2, 0.25) is 0 Å². The molecule has 2 amide bonds. The standard InChI is InChI=1S/C50H48Cl2N16O4/c1-24(56-43(69)45-63-47(65-71-45)49(3,4)5)31-12-10-26(16-35(31)51)33-14-15-53-41-37(33)59-40(61-41)29-20-55-68(22-29)23-30-18-34(38-42(58-30)62-39(60-38)28-19-54-67(9)21-28)27-11-13-32(36(52)17-27)25(2)57-44(70)46-64-48(66-72-46)50(6,7)8/h10-22,24-25H,23H2,1-9H3,(H,56,69)(H,57,70)(H,53,59,61)(H,58,60,62)/t24-,25+/m0/s1. The van der Waals surface area contributed by atoms with E-state index in [2.05, 4.69) is 51.0 Å². The Morgan fingerprint density at radius 1 is 0.653 bits per heavy atom. The minimum absolute atomic E-state index is 0.116. The molecule has 8 aromatic heterocycles. The molecule has 10 rings (SSSR count). The van der Waals surface area contributed by atoms with E-state index in [-0.39, 0.29) is 22.6 Å². The molecule has 366 valence electrons. The summed E-state index contributed by atoms with van der Waals surface area (Å²) in [5, 5.41) is 23.7. The third-order valence-corrected chi connectivity index (χ3v) is 12.6. The number of rotatable bonds is 12. The van der Waals surface area contributed by atoms with Gasteiger partial charge < -0.3 is 29.6 Å². The SMILES string of the molecule is C[C@H](NC(=O)c1nc(C(C)(C)C)no1)c1ccc(-c2ccnc3[nH]c(-c4cnn(Cc5cc(-c6ccc([C@@H](C)NC(=O)c7nc(C(C)(C)C)no7)c(Cl)c6)c6nc(-c7cnn(C)c7)[nH]c6n5)c4)nc23)cc1Cl. The summed E-state index contributed by atoms with van der Waals surface area (Å²) in [5.74, 6) is 0.801. The second kappa shape index (κ2) is 18.3. The Labute approximate surface area is 421 Å². The van der Waals surface area contributed by atoms with E-state index in [9.17, 15) is 9.59 Å². The maximum atomic E-state index is 13.1. The number of nitrogens with zero attached hydrogens (tertiary/aromatic N) is 12. The van der Waals surface area contributed by atoms with Gasteiger partial charge in [-0.2, -0.15) is 20.2 Å². The number of fused-ring (bicyclic) bond motifs is 2. The molecule has 22 heteroatoms. The third-order valence-electron chi connectivity index (χ3n) is 11.9. The summed E-state index contributed by atoms with van der Waals surface area (Å²) in [5.41, 5.74) is 8.45. The maximum Gasteiger partial charge on any atom is 0.315 e. The van der Waals surface area contributed by atoms with Crippen molar-refractivity contribution in [2.24, 2.45) is 7.05 Å². The zero-order valence-corrected chi connectivity index (χ0v) is 42.1. The molecule has 2 atom stereocenters. The lowest BCUT2D eigenvalue weighted by atomic mass is 9.96. The van der Waals surface area contributed by atoms with Crippen LogP contribution in [0.5, 0.6) is 0 Å². The highest BCUT2D eigenvalue weighted by atomic mass is 35.5. The minimum Gasteiger partial charge on any atom is -0.341 e. The molecule has 0 aliphatic carbocycles. The van der Waals surface area contributed by atoms with Crippen molar-refractivity contribution in [2.45, 2.75) is 84.8 Å². The van der Waals surface area contributed by atoms with E-state index >= 15 is 0 Å². The van der Waals surface area contributed by atoms with Crippen LogP contribution in [-0.4, -0.2) is 81.6 Å². The minimum atomic E-state index is -0.504. The summed E-state index contributed by atoms with van der Waals surface area (Å²) >= 11 is 13.9. The highest BCUT2D eigenvalue weighted by Crippen LogP contribution is 2.36. The van der Waals surface area contributed by atoms with Crippen LogP contribution in [0.2, 0.25) is 10.0 Å². The topological polar surface area (TPSA) is 255 Å². The Bertz CT molecular complexity index is 3700. The fourth-order valence-electron chi connectivity index (χ4n) is 8.05. The number of pyridine rings is 2. The first kappa shape index (κ1) is 47.6. The molecule has 2 aromatic carbocycles. The average Bonchev–Trinajstić information content (AvgIpc) is 4.18. The molecule has 0 aliphatic heterocycles. The van der Waals surface area contributed by atoms with Crippen LogP contribution in [0.4, 0.5) is 0 Å².